The van der Waals surface area contributed by atoms with Gasteiger partial charge in [-0.15, -0.1) is 0 Å². The molecule has 0 aromatic heterocycles. The van der Waals surface area contributed by atoms with E-state index in [0.29, 0.717) is 45.3 Å². The van der Waals surface area contributed by atoms with E-state index in [1.807, 2.05) is 60.7 Å². The van der Waals surface area contributed by atoms with Crippen molar-refractivity contribution in [1.29, 1.82) is 0 Å². The number of carbonyl (C=O) groups is 12. The summed E-state index contributed by atoms with van der Waals surface area (Å²) in [6.45, 7) is 7.28. The molecule has 5 unspecified atom stereocenters. The summed E-state index contributed by atoms with van der Waals surface area (Å²) in [6.07, 6.45) is 1.18. The molecule has 3 spiro atoms. The van der Waals surface area contributed by atoms with Crippen LogP contribution in [0.3, 0.4) is 0 Å². The Hall–Kier alpha value is -8.36. The summed E-state index contributed by atoms with van der Waals surface area (Å²) >= 11 is 0. The fourth-order valence-corrected chi connectivity index (χ4v) is 10.6. The van der Waals surface area contributed by atoms with Crippen molar-refractivity contribution in [2.45, 2.75) is 120 Å². The number of carboxylic acid groups (broad SMARTS) is 1. The molecular weight excluding hydrogens is 1040 g/mol. The minimum atomic E-state index is -1.23. The Morgan fingerprint density at radius 1 is 0.595 bits per heavy atom. The molecule has 7 atom stereocenters. The van der Waals surface area contributed by atoms with Crippen LogP contribution in [0.2, 0.25) is 0 Å². The highest BCUT2D eigenvalue weighted by Crippen LogP contribution is 2.40. The van der Waals surface area contributed by atoms with Crippen molar-refractivity contribution in [3.63, 3.8) is 0 Å². The third kappa shape index (κ3) is 14.2. The molecule has 8 N–H and O–H groups in total. The number of nitrogens with two attached hydrogens (primary N) is 2. The van der Waals surface area contributed by atoms with Crippen LogP contribution in [0.5, 0.6) is 0 Å². The molecule has 2 aromatic carbocycles. The maximum Gasteiger partial charge on any atom is 0.411 e. The van der Waals surface area contributed by atoms with E-state index in [0.717, 1.165) is 30.5 Å². The number of aliphatic carboxylic acids is 1. The molecule has 0 bridgehead atoms. The van der Waals surface area contributed by atoms with Crippen LogP contribution in [-0.2, 0) is 80.1 Å². The second-order valence-corrected chi connectivity index (χ2v) is 20.2. The lowest BCUT2D eigenvalue weighted by Gasteiger charge is -2.50. The second kappa shape index (κ2) is 25.9. The highest BCUT2D eigenvalue weighted by Gasteiger charge is 2.62. The Morgan fingerprint density at radius 3 is 1.34 bits per heavy atom. The summed E-state index contributed by atoms with van der Waals surface area (Å²) in [5.41, 5.74) is 9.82. The van der Waals surface area contributed by atoms with E-state index in [2.05, 4.69) is 16.0 Å². The molecule has 0 radical (unpaired) electrons. The zero-order valence-corrected chi connectivity index (χ0v) is 44.5. The predicted molar refractivity (Wildman–Crippen MR) is 273 cm³/mol. The van der Waals surface area contributed by atoms with Crippen molar-refractivity contribution in [1.82, 2.24) is 40.4 Å². The number of ether oxygens (including phenoxy) is 4. The van der Waals surface area contributed by atoms with Crippen LogP contribution < -0.4 is 27.4 Å². The Bertz CT molecular complexity index is 2660. The van der Waals surface area contributed by atoms with Gasteiger partial charge < -0.3 is 66.2 Å². The number of amides is 9. The fourth-order valence-electron chi connectivity index (χ4n) is 10.6. The van der Waals surface area contributed by atoms with Crippen molar-refractivity contribution >= 4 is 71.4 Å². The van der Waals surface area contributed by atoms with E-state index < -0.39 is 94.6 Å². The van der Waals surface area contributed by atoms with Gasteiger partial charge in [-0.05, 0) is 70.0 Å². The van der Waals surface area contributed by atoms with E-state index >= 15 is 0 Å². The Morgan fingerprint density at radius 2 is 1.00 bits per heavy atom. The van der Waals surface area contributed by atoms with Crippen molar-refractivity contribution in [3.8, 4) is 0 Å². The van der Waals surface area contributed by atoms with Gasteiger partial charge in [-0.25, -0.2) is 9.59 Å². The van der Waals surface area contributed by atoms with Gasteiger partial charge in [0.15, 0.2) is 0 Å². The number of β-lactam (4-membered cyclic amide) rings is 3. The molecule has 6 fully saturated rings. The van der Waals surface area contributed by atoms with Crippen LogP contribution in [0.1, 0.15) is 77.3 Å². The third-order valence-electron chi connectivity index (χ3n) is 14.4. The molecule has 6 heterocycles. The lowest BCUT2D eigenvalue weighted by molar-refractivity contribution is -0.164. The summed E-state index contributed by atoms with van der Waals surface area (Å²) in [7, 11) is 0. The topological polar surface area (TPSA) is 366 Å². The molecule has 2 aromatic rings. The van der Waals surface area contributed by atoms with Gasteiger partial charge in [0.2, 0.25) is 29.5 Å². The lowest BCUT2D eigenvalue weighted by atomic mass is 9.85. The van der Waals surface area contributed by atoms with Crippen molar-refractivity contribution in [2.75, 3.05) is 58.9 Å². The molecule has 6 aliphatic heterocycles. The molecule has 27 nitrogen and oxygen atoms in total. The summed E-state index contributed by atoms with van der Waals surface area (Å²) in [4.78, 5) is 150. The number of nitrogens with zero attached hydrogens (tertiary/aromatic N) is 5. The van der Waals surface area contributed by atoms with Gasteiger partial charge in [0, 0.05) is 33.5 Å². The largest absolute Gasteiger partial charge is 0.480 e. The minimum Gasteiger partial charge on any atom is -0.480 e. The minimum absolute atomic E-state index is 0.0988. The molecule has 27 heteroatoms. The van der Waals surface area contributed by atoms with Crippen molar-refractivity contribution in [3.05, 3.63) is 71.8 Å². The maximum absolute atomic E-state index is 12.9. The molecule has 428 valence electrons. The zero-order valence-electron chi connectivity index (χ0n) is 44.5. The van der Waals surface area contributed by atoms with Gasteiger partial charge in [-0.3, -0.25) is 57.7 Å². The standard InChI is InChI=1S/C22H28N4O7.C16H18N2O5.C14H22N4O5/c1-14(33-15(2)27)18(19(23)29)24-17(28)11-25-13-22(20(25)30)9-6-10-26(22)21(31)32-12-16-7-4-3-5-8-16;19-13(20)9-17-11-16(14(17)21)7-4-8-18(16)15(22)23-10-12-5-2-1-3-6-12;1-8(23-9(2)19)11(12(15)21)17-10(20)6-18-7-14(13(18)22)4-3-5-16-14/h3-5,7-8,14,18H,6,9-13H2,1-2H3,(H2,23,29)(H,24,28);1-3,5-6H,4,7-11H2,(H,19,20);8,11,16H,3-7H2,1-2H3,(H2,15,21)(H,17,20)/t14?,18-,22?;;8?,11-,14?/m0.0/s1. The quantitative estimate of drug-likeness (QED) is 0.0585. The summed E-state index contributed by atoms with van der Waals surface area (Å²) < 4.78 is 20.5. The van der Waals surface area contributed by atoms with Crippen LogP contribution in [0, 0.1) is 0 Å². The van der Waals surface area contributed by atoms with Crippen LogP contribution in [0.15, 0.2) is 60.7 Å². The smallest absolute Gasteiger partial charge is 0.411 e. The summed E-state index contributed by atoms with van der Waals surface area (Å²) in [6, 6.07) is 16.2. The van der Waals surface area contributed by atoms with Gasteiger partial charge in [0.05, 0.1) is 26.2 Å². The van der Waals surface area contributed by atoms with Crippen molar-refractivity contribution < 1.29 is 81.6 Å². The normalized spacial score (nSPS) is 23.0. The van der Waals surface area contributed by atoms with E-state index in [9.17, 15) is 57.5 Å². The van der Waals surface area contributed by atoms with Gasteiger partial charge >= 0.3 is 30.1 Å². The van der Waals surface area contributed by atoms with Crippen molar-refractivity contribution in [2.24, 2.45) is 11.5 Å². The number of primary amides is 2. The molecule has 0 aliphatic carbocycles. The first-order valence-electron chi connectivity index (χ1n) is 25.8. The SMILES string of the molecule is CC(=O)OC(C)[C@H](NC(=O)CN1CC2(CCCN2)C1=O)C(N)=O.CC(=O)OC(C)[C@H](NC(=O)CN1CC2(CCCN2C(=O)OCc2ccccc2)C1=O)C(N)=O.O=C(O)CN1CC2(CCCN2C(=O)OCc2ccccc2)C1=O. The number of hydrogen-bond donors (Lipinski definition) is 6. The molecule has 8 rings (SSSR count). The summed E-state index contributed by atoms with van der Waals surface area (Å²) in [5.74, 6) is -5.83. The van der Waals surface area contributed by atoms with E-state index in [1.54, 1.807) is 0 Å². The first-order valence-corrected chi connectivity index (χ1v) is 25.8. The number of carbonyl (C=O) groups excluding carboxylic acids is 11. The molecule has 9 amide bonds. The van der Waals surface area contributed by atoms with Gasteiger partial charge in [-0.2, -0.15) is 0 Å². The number of hydrogen-bond acceptors (Lipinski definition) is 17. The molecule has 6 aliphatic rings. The first kappa shape index (κ1) is 59.9. The Labute approximate surface area is 454 Å². The Kier molecular flexibility index (Phi) is 19.6. The highest BCUT2D eigenvalue weighted by molar-refractivity contribution is 6.00. The molecule has 0 saturated carbocycles. The van der Waals surface area contributed by atoms with E-state index in [4.69, 9.17) is 35.5 Å². The Balaban J connectivity index is 0.000000196. The summed E-state index contributed by atoms with van der Waals surface area (Å²) in [5, 5.41) is 16.8. The van der Waals surface area contributed by atoms with E-state index in [1.165, 1.54) is 52.2 Å². The zero-order chi connectivity index (χ0) is 57.8. The average molecular weight is 1110 g/mol. The maximum atomic E-state index is 12.9. The first-order chi connectivity index (χ1) is 37.4. The van der Waals surface area contributed by atoms with E-state index in [-0.39, 0.29) is 63.7 Å². The number of esters is 2. The van der Waals surface area contributed by atoms with Crippen LogP contribution in [-0.4, -0.2) is 201 Å². The monoisotopic (exact) mass is 1100 g/mol. The molecular formula is C52H68N10O17. The predicted octanol–water partition coefficient (Wildman–Crippen LogP) is -1.12. The number of nitrogens with one attached hydrogen (secondary N) is 3. The second-order valence-electron chi connectivity index (χ2n) is 20.2. The fraction of sp³-hybridized carbons (Fsp3) is 0.538. The number of likely N-dealkylation sites (tertiary alicyclic amines) is 5. The van der Waals surface area contributed by atoms with Crippen LogP contribution in [0.4, 0.5) is 9.59 Å². The third-order valence-corrected chi connectivity index (χ3v) is 14.4. The number of rotatable bonds is 18. The average Bonchev–Trinajstić information content (AvgIpc) is 4.37. The van der Waals surface area contributed by atoms with Crippen LogP contribution >= 0.6 is 0 Å². The number of benzene rings is 2. The molecule has 6 saturated heterocycles. The number of carboxylic acids is 1. The molecule has 79 heavy (non-hydrogen) atoms. The van der Waals surface area contributed by atoms with Gasteiger partial charge in [0.25, 0.3) is 11.8 Å². The van der Waals surface area contributed by atoms with Gasteiger partial charge in [0.1, 0.15) is 60.7 Å². The lowest BCUT2D eigenvalue weighted by Crippen LogP contribution is -2.73. The van der Waals surface area contributed by atoms with Crippen LogP contribution in [0.25, 0.3) is 0 Å². The highest BCUT2D eigenvalue weighted by atomic mass is 16.6. The van der Waals surface area contributed by atoms with Gasteiger partial charge in [-0.1, -0.05) is 60.7 Å².